The van der Waals surface area contributed by atoms with Gasteiger partial charge < -0.3 is 10.1 Å². The number of ether oxygens (including phenoxy) is 1. The normalized spacial score (nSPS) is 18.5. The van der Waals surface area contributed by atoms with E-state index in [2.05, 4.69) is 5.32 Å². The van der Waals surface area contributed by atoms with Gasteiger partial charge in [0.05, 0.1) is 0 Å². The van der Waals surface area contributed by atoms with Crippen LogP contribution in [0.1, 0.15) is 6.92 Å². The highest BCUT2D eigenvalue weighted by molar-refractivity contribution is 5.83. The molecule has 1 saturated heterocycles. The molecule has 1 aliphatic heterocycles. The molecular formula is C7H13NO2. The van der Waals surface area contributed by atoms with Crippen molar-refractivity contribution in [2.24, 2.45) is 5.92 Å². The van der Waals surface area contributed by atoms with Crippen molar-refractivity contribution in [3.63, 3.8) is 0 Å². The highest BCUT2D eigenvalue weighted by Crippen LogP contribution is 2.03. The third-order valence-electron chi connectivity index (χ3n) is 1.69. The first kappa shape index (κ1) is 7.69. The van der Waals surface area contributed by atoms with Crippen LogP contribution in [0.25, 0.3) is 0 Å². The molecule has 0 unspecified atom stereocenters. The predicted molar refractivity (Wildman–Crippen MR) is 37.9 cm³/mol. The molecule has 3 nitrogen and oxygen atoms in total. The average molecular weight is 143 g/mol. The van der Waals surface area contributed by atoms with Crippen LogP contribution in [0, 0.1) is 5.92 Å². The molecule has 0 amide bonds. The zero-order chi connectivity index (χ0) is 7.40. The van der Waals surface area contributed by atoms with E-state index in [0.717, 1.165) is 13.1 Å². The van der Waals surface area contributed by atoms with Crippen LogP contribution in [0.4, 0.5) is 0 Å². The van der Waals surface area contributed by atoms with Gasteiger partial charge in [-0.05, 0) is 6.92 Å². The van der Waals surface area contributed by atoms with Crippen LogP contribution < -0.4 is 5.32 Å². The Morgan fingerprint density at radius 1 is 1.70 bits per heavy atom. The van der Waals surface area contributed by atoms with Gasteiger partial charge in [-0.25, -0.2) is 0 Å². The van der Waals surface area contributed by atoms with E-state index >= 15 is 0 Å². The second kappa shape index (κ2) is 3.68. The molecule has 10 heavy (non-hydrogen) atoms. The monoisotopic (exact) mass is 143 g/mol. The average Bonchev–Trinajstić information content (AvgIpc) is 1.79. The van der Waals surface area contributed by atoms with Crippen molar-refractivity contribution >= 4 is 5.78 Å². The number of rotatable bonds is 4. The van der Waals surface area contributed by atoms with E-state index in [-0.39, 0.29) is 11.7 Å². The Kier molecular flexibility index (Phi) is 2.83. The van der Waals surface area contributed by atoms with Crippen LogP contribution in [0.2, 0.25) is 0 Å². The van der Waals surface area contributed by atoms with Crippen molar-refractivity contribution in [1.29, 1.82) is 0 Å². The molecule has 0 aromatic rings. The lowest BCUT2D eigenvalue weighted by Crippen LogP contribution is -2.47. The fraction of sp³-hybridized carbons (Fsp3) is 0.857. The molecule has 0 radical (unpaired) electrons. The Bertz CT molecular complexity index is 121. The van der Waals surface area contributed by atoms with Gasteiger partial charge in [0.1, 0.15) is 6.61 Å². The summed E-state index contributed by atoms with van der Waals surface area (Å²) in [5, 5.41) is 3.04. The Hall–Kier alpha value is -0.410. The smallest absolute Gasteiger partial charge is 0.164 e. The van der Waals surface area contributed by atoms with Gasteiger partial charge in [-0.1, -0.05) is 0 Å². The minimum Gasteiger partial charge on any atom is -0.374 e. The van der Waals surface area contributed by atoms with Gasteiger partial charge in [-0.15, -0.1) is 0 Å². The summed E-state index contributed by atoms with van der Waals surface area (Å²) in [5.74, 6) is 0.465. The van der Waals surface area contributed by atoms with Gasteiger partial charge in [0, 0.05) is 25.6 Å². The maximum absolute atomic E-state index is 11.0. The van der Waals surface area contributed by atoms with E-state index < -0.39 is 0 Å². The van der Waals surface area contributed by atoms with Crippen molar-refractivity contribution in [3.05, 3.63) is 0 Å². The molecule has 3 heteroatoms. The molecule has 0 bridgehead atoms. The molecule has 1 N–H and O–H groups in total. The molecule has 1 aliphatic rings. The van der Waals surface area contributed by atoms with Gasteiger partial charge in [-0.3, -0.25) is 4.79 Å². The summed E-state index contributed by atoms with van der Waals surface area (Å²) in [6.07, 6.45) is 0. The first-order chi connectivity index (χ1) is 4.84. The fourth-order valence-corrected chi connectivity index (χ4v) is 0.837. The Morgan fingerprint density at radius 2 is 2.40 bits per heavy atom. The second-order valence-corrected chi connectivity index (χ2v) is 2.46. The molecule has 0 aromatic heterocycles. The first-order valence-corrected chi connectivity index (χ1v) is 3.65. The highest BCUT2D eigenvalue weighted by Gasteiger charge is 2.23. The maximum atomic E-state index is 11.0. The van der Waals surface area contributed by atoms with Crippen LogP contribution in [0.15, 0.2) is 0 Å². The number of nitrogens with one attached hydrogen (secondary N) is 1. The number of carbonyl (C=O) groups is 1. The molecular weight excluding hydrogens is 130 g/mol. The van der Waals surface area contributed by atoms with Crippen LogP contribution in [0.5, 0.6) is 0 Å². The summed E-state index contributed by atoms with van der Waals surface area (Å²) < 4.78 is 4.97. The summed E-state index contributed by atoms with van der Waals surface area (Å²) in [6.45, 7) is 4.50. The topological polar surface area (TPSA) is 38.3 Å². The molecule has 0 spiro atoms. The van der Waals surface area contributed by atoms with Crippen LogP contribution in [-0.2, 0) is 9.53 Å². The Labute approximate surface area is 60.7 Å². The van der Waals surface area contributed by atoms with Crippen molar-refractivity contribution in [2.45, 2.75) is 6.92 Å². The molecule has 1 fully saturated rings. The van der Waals surface area contributed by atoms with E-state index in [1.54, 1.807) is 0 Å². The summed E-state index contributed by atoms with van der Waals surface area (Å²) in [4.78, 5) is 11.0. The van der Waals surface area contributed by atoms with E-state index in [4.69, 9.17) is 4.74 Å². The van der Waals surface area contributed by atoms with Crippen molar-refractivity contribution in [2.75, 3.05) is 26.3 Å². The molecule has 58 valence electrons. The zero-order valence-electron chi connectivity index (χ0n) is 6.22. The third kappa shape index (κ3) is 1.78. The quantitative estimate of drug-likeness (QED) is 0.593. The Morgan fingerprint density at radius 3 is 2.80 bits per heavy atom. The molecule has 1 rings (SSSR count). The minimum atomic E-state index is 0.228. The molecule has 0 aliphatic carbocycles. The van der Waals surface area contributed by atoms with Crippen LogP contribution >= 0.6 is 0 Å². The van der Waals surface area contributed by atoms with Crippen LogP contribution in [-0.4, -0.2) is 32.1 Å². The number of hydrogen-bond acceptors (Lipinski definition) is 3. The molecule has 0 saturated carbocycles. The zero-order valence-corrected chi connectivity index (χ0v) is 6.22. The van der Waals surface area contributed by atoms with Crippen molar-refractivity contribution in [3.8, 4) is 0 Å². The van der Waals surface area contributed by atoms with E-state index in [1.165, 1.54) is 0 Å². The molecule has 0 aromatic carbocycles. The summed E-state index contributed by atoms with van der Waals surface area (Å²) in [6, 6.07) is 0. The lowest BCUT2D eigenvalue weighted by atomic mass is 9.99. The standard InChI is InChI=1S/C7H13NO2/c1-2-10-5-7(9)6-3-8-4-6/h6,8H,2-5H2,1H3. The van der Waals surface area contributed by atoms with Gasteiger partial charge in [0.25, 0.3) is 0 Å². The number of hydrogen-bond donors (Lipinski definition) is 1. The first-order valence-electron chi connectivity index (χ1n) is 3.65. The third-order valence-corrected chi connectivity index (χ3v) is 1.69. The summed E-state index contributed by atoms with van der Waals surface area (Å²) in [5.41, 5.74) is 0. The molecule has 0 atom stereocenters. The number of Topliss-reactive ketones (excluding diaryl/α,β-unsaturated/α-hetero) is 1. The minimum absolute atomic E-state index is 0.228. The summed E-state index contributed by atoms with van der Waals surface area (Å²) in [7, 11) is 0. The van der Waals surface area contributed by atoms with Gasteiger partial charge in [0.2, 0.25) is 0 Å². The number of carbonyl (C=O) groups excluding carboxylic acids is 1. The van der Waals surface area contributed by atoms with E-state index in [0.29, 0.717) is 13.2 Å². The van der Waals surface area contributed by atoms with E-state index in [9.17, 15) is 4.79 Å². The second-order valence-electron chi connectivity index (χ2n) is 2.46. The van der Waals surface area contributed by atoms with Crippen molar-refractivity contribution in [1.82, 2.24) is 5.32 Å². The van der Waals surface area contributed by atoms with Gasteiger partial charge >= 0.3 is 0 Å². The Balaban J connectivity index is 2.08. The molecule has 1 heterocycles. The number of ketones is 1. The summed E-state index contributed by atoms with van der Waals surface area (Å²) >= 11 is 0. The van der Waals surface area contributed by atoms with E-state index in [1.807, 2.05) is 6.92 Å². The van der Waals surface area contributed by atoms with Crippen LogP contribution in [0.3, 0.4) is 0 Å². The highest BCUT2D eigenvalue weighted by atomic mass is 16.5. The lowest BCUT2D eigenvalue weighted by molar-refractivity contribution is -0.128. The maximum Gasteiger partial charge on any atom is 0.164 e. The SMILES string of the molecule is CCOCC(=O)C1CNC1. The largest absolute Gasteiger partial charge is 0.374 e. The fourth-order valence-electron chi connectivity index (χ4n) is 0.837. The van der Waals surface area contributed by atoms with Crippen molar-refractivity contribution < 1.29 is 9.53 Å². The van der Waals surface area contributed by atoms with Gasteiger partial charge in [-0.2, -0.15) is 0 Å². The predicted octanol–water partition coefficient (Wildman–Crippen LogP) is -0.189. The van der Waals surface area contributed by atoms with Gasteiger partial charge in [0.15, 0.2) is 5.78 Å². The lowest BCUT2D eigenvalue weighted by Gasteiger charge is -2.25.